The molecule has 0 radical (unpaired) electrons. The Kier molecular flexibility index (Phi) is 3.05. The monoisotopic (exact) mass is 167 g/mol. The van der Waals surface area contributed by atoms with Gasteiger partial charge in [-0.1, -0.05) is 0 Å². The number of aromatic nitrogens is 1. The predicted octanol–water partition coefficient (Wildman–Crippen LogP) is 1.36. The van der Waals surface area contributed by atoms with Crippen molar-refractivity contribution >= 4 is 0 Å². The molecular formula is C9H13NO2. The zero-order valence-electron chi connectivity index (χ0n) is 7.32. The Labute approximate surface area is 72.0 Å². The van der Waals surface area contributed by atoms with Gasteiger partial charge in [0, 0.05) is 12.3 Å². The smallest absolute Gasteiger partial charge is 0.213 e. The molecule has 1 heterocycles. The largest absolute Gasteiger partial charge is 0.475 e. The number of ether oxygens (including phenoxy) is 1. The molecule has 0 aliphatic carbocycles. The van der Waals surface area contributed by atoms with Crippen molar-refractivity contribution in [3.05, 3.63) is 23.9 Å². The molecule has 1 rings (SSSR count). The molecule has 1 aromatic heterocycles. The van der Waals surface area contributed by atoms with Crippen molar-refractivity contribution in [2.24, 2.45) is 0 Å². The second kappa shape index (κ2) is 4.07. The topological polar surface area (TPSA) is 42.4 Å². The quantitative estimate of drug-likeness (QED) is 0.739. The Hall–Kier alpha value is -1.09. The third-order valence-corrected chi connectivity index (χ3v) is 1.34. The Morgan fingerprint density at radius 1 is 1.50 bits per heavy atom. The molecule has 0 saturated carbocycles. The minimum atomic E-state index is 0.0228. The average molecular weight is 167 g/mol. The van der Waals surface area contributed by atoms with E-state index in [1.807, 2.05) is 13.8 Å². The first-order valence-corrected chi connectivity index (χ1v) is 3.95. The minimum absolute atomic E-state index is 0.0228. The van der Waals surface area contributed by atoms with Crippen molar-refractivity contribution in [1.29, 1.82) is 0 Å². The van der Waals surface area contributed by atoms with E-state index in [0.717, 1.165) is 5.56 Å². The standard InChI is InChI=1S/C9H13NO2/c1-7(2)12-9-4-3-8(6-11)5-10-9/h3-5,7,11H,6H2,1-2H3. The minimum Gasteiger partial charge on any atom is -0.475 e. The molecule has 0 bridgehead atoms. The predicted molar refractivity (Wildman–Crippen MR) is 45.9 cm³/mol. The van der Waals surface area contributed by atoms with E-state index in [-0.39, 0.29) is 12.7 Å². The lowest BCUT2D eigenvalue weighted by molar-refractivity contribution is 0.232. The zero-order chi connectivity index (χ0) is 8.97. The fourth-order valence-corrected chi connectivity index (χ4v) is 0.816. The summed E-state index contributed by atoms with van der Waals surface area (Å²) in [6, 6.07) is 3.55. The van der Waals surface area contributed by atoms with Crippen LogP contribution < -0.4 is 4.74 Å². The van der Waals surface area contributed by atoms with E-state index in [9.17, 15) is 0 Å². The van der Waals surface area contributed by atoms with E-state index in [1.54, 1.807) is 18.3 Å². The zero-order valence-corrected chi connectivity index (χ0v) is 7.32. The molecule has 1 N–H and O–H groups in total. The maximum atomic E-state index is 8.73. The highest BCUT2D eigenvalue weighted by Gasteiger charge is 1.97. The van der Waals surface area contributed by atoms with Crippen LogP contribution in [-0.4, -0.2) is 16.2 Å². The second-order valence-corrected chi connectivity index (χ2v) is 2.83. The summed E-state index contributed by atoms with van der Waals surface area (Å²) in [6.07, 6.45) is 1.75. The molecular weight excluding hydrogens is 154 g/mol. The van der Waals surface area contributed by atoms with Gasteiger partial charge in [0.2, 0.25) is 5.88 Å². The molecule has 0 aliphatic heterocycles. The van der Waals surface area contributed by atoms with Crippen molar-refractivity contribution in [2.75, 3.05) is 0 Å². The molecule has 0 fully saturated rings. The Bertz CT molecular complexity index is 231. The van der Waals surface area contributed by atoms with E-state index >= 15 is 0 Å². The SMILES string of the molecule is CC(C)Oc1ccc(CO)cn1. The molecule has 0 aromatic carbocycles. The molecule has 0 aliphatic rings. The van der Waals surface area contributed by atoms with Crippen LogP contribution in [0.1, 0.15) is 19.4 Å². The maximum Gasteiger partial charge on any atom is 0.213 e. The van der Waals surface area contributed by atoms with Crippen LogP contribution in [0.15, 0.2) is 18.3 Å². The fraction of sp³-hybridized carbons (Fsp3) is 0.444. The highest BCUT2D eigenvalue weighted by molar-refractivity contribution is 5.17. The van der Waals surface area contributed by atoms with Gasteiger partial charge in [0.1, 0.15) is 0 Å². The Morgan fingerprint density at radius 3 is 2.67 bits per heavy atom. The van der Waals surface area contributed by atoms with Crippen LogP contribution in [0.25, 0.3) is 0 Å². The van der Waals surface area contributed by atoms with Gasteiger partial charge < -0.3 is 9.84 Å². The molecule has 3 heteroatoms. The Morgan fingerprint density at radius 2 is 2.25 bits per heavy atom. The van der Waals surface area contributed by atoms with Gasteiger partial charge >= 0.3 is 0 Å². The number of aliphatic hydroxyl groups excluding tert-OH is 1. The van der Waals surface area contributed by atoms with E-state index in [1.165, 1.54) is 0 Å². The number of aliphatic hydroxyl groups is 1. The summed E-state index contributed by atoms with van der Waals surface area (Å²) in [5.74, 6) is 0.599. The summed E-state index contributed by atoms with van der Waals surface area (Å²) < 4.78 is 5.32. The molecule has 1 aromatic rings. The van der Waals surface area contributed by atoms with Crippen LogP contribution in [0.4, 0.5) is 0 Å². The van der Waals surface area contributed by atoms with Gasteiger partial charge in [-0.05, 0) is 25.5 Å². The molecule has 0 atom stereocenters. The van der Waals surface area contributed by atoms with Gasteiger partial charge in [0.05, 0.1) is 12.7 Å². The first-order valence-electron chi connectivity index (χ1n) is 3.95. The summed E-state index contributed by atoms with van der Waals surface area (Å²) in [7, 11) is 0. The first kappa shape index (κ1) is 9.00. The van der Waals surface area contributed by atoms with Gasteiger partial charge in [-0.3, -0.25) is 0 Å². The summed E-state index contributed by atoms with van der Waals surface area (Å²) in [4.78, 5) is 4.01. The number of hydrogen-bond donors (Lipinski definition) is 1. The van der Waals surface area contributed by atoms with E-state index in [0.29, 0.717) is 5.88 Å². The molecule has 0 spiro atoms. The number of pyridine rings is 1. The lowest BCUT2D eigenvalue weighted by atomic mass is 10.3. The maximum absolute atomic E-state index is 8.73. The molecule has 0 unspecified atom stereocenters. The first-order chi connectivity index (χ1) is 5.72. The summed E-state index contributed by atoms with van der Waals surface area (Å²) >= 11 is 0. The number of rotatable bonds is 3. The normalized spacial score (nSPS) is 10.3. The van der Waals surface area contributed by atoms with Gasteiger partial charge in [-0.2, -0.15) is 0 Å². The van der Waals surface area contributed by atoms with Crippen LogP contribution in [-0.2, 0) is 6.61 Å². The Balaban J connectivity index is 2.65. The van der Waals surface area contributed by atoms with E-state index < -0.39 is 0 Å². The van der Waals surface area contributed by atoms with Crippen molar-refractivity contribution in [3.8, 4) is 5.88 Å². The molecule has 66 valence electrons. The number of hydrogen-bond acceptors (Lipinski definition) is 3. The van der Waals surface area contributed by atoms with Crippen molar-refractivity contribution in [2.45, 2.75) is 26.6 Å². The highest BCUT2D eigenvalue weighted by Crippen LogP contribution is 2.08. The van der Waals surface area contributed by atoms with Crippen LogP contribution in [0, 0.1) is 0 Å². The molecule has 0 amide bonds. The molecule has 3 nitrogen and oxygen atoms in total. The van der Waals surface area contributed by atoms with Gasteiger partial charge in [-0.25, -0.2) is 4.98 Å². The third-order valence-electron chi connectivity index (χ3n) is 1.34. The molecule has 0 saturated heterocycles. The van der Waals surface area contributed by atoms with Crippen molar-refractivity contribution in [3.63, 3.8) is 0 Å². The second-order valence-electron chi connectivity index (χ2n) is 2.83. The van der Waals surface area contributed by atoms with E-state index in [2.05, 4.69) is 4.98 Å². The molecule has 12 heavy (non-hydrogen) atoms. The summed E-state index contributed by atoms with van der Waals surface area (Å²) in [5, 5.41) is 8.73. The average Bonchev–Trinajstić information content (AvgIpc) is 2.05. The lowest BCUT2D eigenvalue weighted by Crippen LogP contribution is -2.06. The van der Waals surface area contributed by atoms with Crippen LogP contribution >= 0.6 is 0 Å². The van der Waals surface area contributed by atoms with Crippen molar-refractivity contribution < 1.29 is 9.84 Å². The summed E-state index contributed by atoms with van der Waals surface area (Å²) in [6.45, 7) is 3.91. The van der Waals surface area contributed by atoms with Gasteiger partial charge in [0.15, 0.2) is 0 Å². The number of nitrogens with zero attached hydrogens (tertiary/aromatic N) is 1. The third kappa shape index (κ3) is 2.51. The summed E-state index contributed by atoms with van der Waals surface area (Å²) in [5.41, 5.74) is 0.797. The van der Waals surface area contributed by atoms with Gasteiger partial charge in [-0.15, -0.1) is 0 Å². The van der Waals surface area contributed by atoms with Crippen LogP contribution in [0.2, 0.25) is 0 Å². The van der Waals surface area contributed by atoms with Crippen LogP contribution in [0.5, 0.6) is 5.88 Å². The van der Waals surface area contributed by atoms with Gasteiger partial charge in [0.25, 0.3) is 0 Å². The van der Waals surface area contributed by atoms with E-state index in [4.69, 9.17) is 9.84 Å². The highest BCUT2D eigenvalue weighted by atomic mass is 16.5. The van der Waals surface area contributed by atoms with Crippen molar-refractivity contribution in [1.82, 2.24) is 4.98 Å². The fourth-order valence-electron chi connectivity index (χ4n) is 0.816. The van der Waals surface area contributed by atoms with Crippen LogP contribution in [0.3, 0.4) is 0 Å². The lowest BCUT2D eigenvalue weighted by Gasteiger charge is -2.07.